The van der Waals surface area contributed by atoms with Crippen LogP contribution in [0.3, 0.4) is 0 Å². The number of alkyl halides is 1. The average molecular weight is 242 g/mol. The highest BCUT2D eigenvalue weighted by Gasteiger charge is 2.11. The molecular weight excluding hydrogens is 229 g/mol. The Morgan fingerprint density at radius 2 is 2.19 bits per heavy atom. The average Bonchev–Trinajstić information content (AvgIpc) is 2.55. The molecule has 0 aliphatic heterocycles. The maximum Gasteiger partial charge on any atom is 0.130 e. The van der Waals surface area contributed by atoms with Crippen LogP contribution in [0.5, 0.6) is 0 Å². The van der Waals surface area contributed by atoms with Gasteiger partial charge in [0.15, 0.2) is 0 Å². The number of rotatable bonds is 3. The molecule has 2 aromatic rings. The molecule has 86 valence electrons. The maximum absolute atomic E-state index is 13.1. The van der Waals surface area contributed by atoms with E-state index in [1.54, 1.807) is 6.07 Å². The van der Waals surface area contributed by atoms with E-state index in [-0.39, 0.29) is 5.82 Å². The number of aromatic nitrogens is 2. The predicted molar refractivity (Wildman–Crippen MR) is 64.2 cm³/mol. The summed E-state index contributed by atoms with van der Waals surface area (Å²) in [6.45, 7) is 0. The van der Waals surface area contributed by atoms with Crippen LogP contribution in [-0.2, 0) is 6.42 Å². The summed E-state index contributed by atoms with van der Waals surface area (Å²) in [6, 6.07) is 4.61. The smallest absolute Gasteiger partial charge is 0.130 e. The zero-order chi connectivity index (χ0) is 11.7. The van der Waals surface area contributed by atoms with E-state index in [4.69, 9.17) is 11.6 Å². The minimum absolute atomic E-state index is 0.270. The number of hydrogen-bond donors (Lipinski definition) is 0. The van der Waals surface area contributed by atoms with Gasteiger partial charge in [-0.2, -0.15) is 0 Å². The first-order valence-corrected chi connectivity index (χ1v) is 5.57. The normalized spacial score (nSPS) is 11.0. The monoisotopic (exact) mass is 241 g/mol. The molecule has 0 N–H and O–H groups in total. The van der Waals surface area contributed by atoms with Gasteiger partial charge in [0, 0.05) is 32.5 Å². The summed E-state index contributed by atoms with van der Waals surface area (Å²) < 4.78 is 15.0. The molecule has 1 heterocycles. The van der Waals surface area contributed by atoms with Crippen molar-refractivity contribution in [3.63, 3.8) is 0 Å². The van der Waals surface area contributed by atoms with Crippen molar-refractivity contribution in [1.82, 2.24) is 9.66 Å². The Kier molecular flexibility index (Phi) is 3.01. The molecule has 0 spiro atoms. The van der Waals surface area contributed by atoms with Crippen LogP contribution in [0.4, 0.5) is 4.39 Å². The van der Waals surface area contributed by atoms with E-state index in [0.717, 1.165) is 11.3 Å². The summed E-state index contributed by atoms with van der Waals surface area (Å²) in [5, 5.41) is 1.91. The van der Waals surface area contributed by atoms with E-state index in [1.165, 1.54) is 12.1 Å². The summed E-state index contributed by atoms with van der Waals surface area (Å²) in [7, 11) is 3.84. The minimum Gasteiger partial charge on any atom is -0.317 e. The quantitative estimate of drug-likeness (QED) is 0.768. The molecule has 1 aromatic carbocycles. The van der Waals surface area contributed by atoms with Gasteiger partial charge in [0.1, 0.15) is 11.6 Å². The summed E-state index contributed by atoms with van der Waals surface area (Å²) in [5.74, 6) is 1.08. The Morgan fingerprint density at radius 3 is 2.81 bits per heavy atom. The molecule has 0 radical (unpaired) electrons. The topological polar surface area (TPSA) is 21.1 Å². The molecule has 0 unspecified atom stereocenters. The molecule has 0 saturated carbocycles. The van der Waals surface area contributed by atoms with Crippen molar-refractivity contribution in [3.8, 4) is 0 Å². The molecule has 5 heteroatoms. The van der Waals surface area contributed by atoms with E-state index in [1.807, 2.05) is 23.8 Å². The molecule has 0 saturated heterocycles. The van der Waals surface area contributed by atoms with Gasteiger partial charge in [-0.15, -0.1) is 11.6 Å². The number of nitrogens with zero attached hydrogens (tertiary/aromatic N) is 3. The van der Waals surface area contributed by atoms with Crippen LogP contribution in [-0.4, -0.2) is 29.6 Å². The number of fused-ring (bicyclic) bond motifs is 1. The lowest BCUT2D eigenvalue weighted by Gasteiger charge is -2.17. The van der Waals surface area contributed by atoms with Crippen LogP contribution in [0.15, 0.2) is 18.2 Å². The number of hydrogen-bond acceptors (Lipinski definition) is 2. The van der Waals surface area contributed by atoms with Crippen molar-refractivity contribution in [2.45, 2.75) is 6.42 Å². The van der Waals surface area contributed by atoms with Gasteiger partial charge in [-0.05, 0) is 12.1 Å². The highest BCUT2D eigenvalue weighted by molar-refractivity contribution is 6.17. The Balaban J connectivity index is 2.65. The molecule has 0 aliphatic rings. The fourth-order valence-corrected chi connectivity index (χ4v) is 1.95. The zero-order valence-corrected chi connectivity index (χ0v) is 10.00. The molecule has 0 fully saturated rings. The van der Waals surface area contributed by atoms with Crippen LogP contribution in [0, 0.1) is 5.82 Å². The maximum atomic E-state index is 13.1. The fourth-order valence-electron chi connectivity index (χ4n) is 1.78. The largest absolute Gasteiger partial charge is 0.317 e. The van der Waals surface area contributed by atoms with Gasteiger partial charge in [0.2, 0.25) is 0 Å². The summed E-state index contributed by atoms with van der Waals surface area (Å²) >= 11 is 5.73. The fraction of sp³-hybridized carbons (Fsp3) is 0.364. The van der Waals surface area contributed by atoms with Gasteiger partial charge in [-0.25, -0.2) is 14.1 Å². The Morgan fingerprint density at radius 1 is 1.44 bits per heavy atom. The molecule has 0 bridgehead atoms. The molecule has 3 nitrogen and oxygen atoms in total. The first kappa shape index (κ1) is 11.2. The highest BCUT2D eigenvalue weighted by atomic mass is 35.5. The molecule has 0 aliphatic carbocycles. The van der Waals surface area contributed by atoms with Gasteiger partial charge in [-0.3, -0.25) is 0 Å². The van der Waals surface area contributed by atoms with Crippen LogP contribution >= 0.6 is 11.6 Å². The Hall–Kier alpha value is -1.29. The molecule has 16 heavy (non-hydrogen) atoms. The second kappa shape index (κ2) is 4.29. The van der Waals surface area contributed by atoms with Gasteiger partial charge in [0.05, 0.1) is 11.0 Å². The number of imidazole rings is 1. The van der Waals surface area contributed by atoms with Crippen molar-refractivity contribution < 1.29 is 4.39 Å². The Bertz CT molecular complexity index is 507. The van der Waals surface area contributed by atoms with Crippen LogP contribution in [0.25, 0.3) is 11.0 Å². The number of aryl methyl sites for hydroxylation is 1. The summed E-state index contributed by atoms with van der Waals surface area (Å²) in [4.78, 5) is 4.38. The second-order valence-electron chi connectivity index (χ2n) is 3.76. The zero-order valence-electron chi connectivity index (χ0n) is 9.24. The van der Waals surface area contributed by atoms with Crippen molar-refractivity contribution in [2.75, 3.05) is 25.0 Å². The van der Waals surface area contributed by atoms with Crippen molar-refractivity contribution in [3.05, 3.63) is 29.8 Å². The molecule has 1 aromatic heterocycles. The number of benzene rings is 1. The van der Waals surface area contributed by atoms with Gasteiger partial charge in [0.25, 0.3) is 0 Å². The highest BCUT2D eigenvalue weighted by Crippen LogP contribution is 2.17. The van der Waals surface area contributed by atoms with Crippen molar-refractivity contribution in [2.24, 2.45) is 0 Å². The van der Waals surface area contributed by atoms with E-state index < -0.39 is 0 Å². The van der Waals surface area contributed by atoms with E-state index in [9.17, 15) is 4.39 Å². The third-order valence-electron chi connectivity index (χ3n) is 2.38. The van der Waals surface area contributed by atoms with Gasteiger partial charge < -0.3 is 5.01 Å². The lowest BCUT2D eigenvalue weighted by atomic mass is 10.3. The lowest BCUT2D eigenvalue weighted by molar-refractivity contribution is 0.629. The third-order valence-corrected chi connectivity index (χ3v) is 2.57. The van der Waals surface area contributed by atoms with Crippen LogP contribution < -0.4 is 5.01 Å². The van der Waals surface area contributed by atoms with Gasteiger partial charge in [-0.1, -0.05) is 0 Å². The molecule has 2 rings (SSSR count). The standard InChI is InChI=1S/C11H13ClFN3/c1-15(2)16-10-4-3-8(13)7-9(10)14-11(16)5-6-12/h3-4,7H,5-6H2,1-2H3. The van der Waals surface area contributed by atoms with Crippen molar-refractivity contribution >= 4 is 22.6 Å². The first-order valence-electron chi connectivity index (χ1n) is 5.04. The van der Waals surface area contributed by atoms with Crippen molar-refractivity contribution in [1.29, 1.82) is 0 Å². The third kappa shape index (κ3) is 1.85. The summed E-state index contributed by atoms with van der Waals surface area (Å²) in [6.07, 6.45) is 0.663. The van der Waals surface area contributed by atoms with Crippen LogP contribution in [0.1, 0.15) is 5.82 Å². The SMILES string of the molecule is CN(C)n1c(CCCl)nc2cc(F)ccc21. The van der Waals surface area contributed by atoms with Gasteiger partial charge >= 0.3 is 0 Å². The summed E-state index contributed by atoms with van der Waals surface area (Å²) in [5.41, 5.74) is 1.56. The second-order valence-corrected chi connectivity index (χ2v) is 4.14. The minimum atomic E-state index is -0.270. The first-order chi connectivity index (χ1) is 7.63. The van der Waals surface area contributed by atoms with E-state index in [0.29, 0.717) is 17.8 Å². The van der Waals surface area contributed by atoms with E-state index in [2.05, 4.69) is 4.98 Å². The van der Waals surface area contributed by atoms with E-state index >= 15 is 0 Å². The predicted octanol–water partition coefficient (Wildman–Crippen LogP) is 2.15. The molecular formula is C11H13ClFN3. The number of halogens is 2. The Labute approximate surface area is 98.4 Å². The lowest BCUT2D eigenvalue weighted by Crippen LogP contribution is -2.26. The molecule has 0 amide bonds. The molecule has 0 atom stereocenters. The van der Waals surface area contributed by atoms with Crippen LogP contribution in [0.2, 0.25) is 0 Å².